The van der Waals surface area contributed by atoms with Crippen molar-refractivity contribution in [1.29, 1.82) is 0 Å². The Morgan fingerprint density at radius 2 is 2.29 bits per heavy atom. The molecule has 0 aromatic rings. The quantitative estimate of drug-likeness (QED) is 0.374. The van der Waals surface area contributed by atoms with Crippen molar-refractivity contribution >= 4 is 5.91 Å². The normalized spacial score (nSPS) is 12.5. The van der Waals surface area contributed by atoms with Crippen molar-refractivity contribution in [1.82, 2.24) is 10.6 Å². The number of carbonyl (C=O) groups excluding carboxylic acids is 1. The van der Waals surface area contributed by atoms with Crippen LogP contribution in [0.5, 0.6) is 0 Å². The minimum absolute atomic E-state index is 0.00750. The maximum atomic E-state index is 11.2. The summed E-state index contributed by atoms with van der Waals surface area (Å²) in [7, 11) is 0. The maximum absolute atomic E-state index is 11.2. The molecule has 84 valence electrons. The molecule has 1 atom stereocenters. The monoisotopic (exact) mass is 203 g/mol. The first-order valence-electron chi connectivity index (χ1n) is 5.05. The fourth-order valence-electron chi connectivity index (χ4n) is 1.12. The van der Waals surface area contributed by atoms with Gasteiger partial charge in [-0.05, 0) is 19.9 Å². The number of rotatable bonds is 8. The van der Waals surface area contributed by atoms with Crippen LogP contribution in [0.15, 0.2) is 0 Å². The lowest BCUT2D eigenvalue weighted by Gasteiger charge is -2.15. The molecule has 0 radical (unpaired) electrons. The van der Waals surface area contributed by atoms with E-state index in [4.69, 9.17) is 10.8 Å². The van der Waals surface area contributed by atoms with Crippen LogP contribution in [0.3, 0.4) is 0 Å². The minimum atomic E-state index is 0.00750. The van der Waals surface area contributed by atoms with Crippen LogP contribution in [0, 0.1) is 0 Å². The molecule has 0 aromatic carbocycles. The van der Waals surface area contributed by atoms with Gasteiger partial charge < -0.3 is 21.5 Å². The van der Waals surface area contributed by atoms with E-state index in [0.29, 0.717) is 32.5 Å². The third-order valence-corrected chi connectivity index (χ3v) is 1.86. The van der Waals surface area contributed by atoms with Gasteiger partial charge in [0.25, 0.3) is 0 Å². The van der Waals surface area contributed by atoms with E-state index in [1.165, 1.54) is 0 Å². The van der Waals surface area contributed by atoms with Crippen LogP contribution < -0.4 is 16.4 Å². The molecule has 0 bridgehead atoms. The van der Waals surface area contributed by atoms with Gasteiger partial charge in [-0.25, -0.2) is 0 Å². The van der Waals surface area contributed by atoms with Gasteiger partial charge in [0.15, 0.2) is 0 Å². The summed E-state index contributed by atoms with van der Waals surface area (Å²) in [6.45, 7) is 3.81. The van der Waals surface area contributed by atoms with E-state index in [9.17, 15) is 4.79 Å². The molecule has 0 aliphatic rings. The molecule has 0 aliphatic carbocycles. The predicted octanol–water partition coefficient (Wildman–Crippen LogP) is -1.19. The molecule has 5 heteroatoms. The molecule has 1 amide bonds. The average Bonchev–Trinajstić information content (AvgIpc) is 2.17. The number of amides is 1. The predicted molar refractivity (Wildman–Crippen MR) is 55.8 cm³/mol. The van der Waals surface area contributed by atoms with Gasteiger partial charge >= 0.3 is 0 Å². The van der Waals surface area contributed by atoms with Crippen LogP contribution in [-0.4, -0.2) is 43.3 Å². The number of carbonyl (C=O) groups is 1. The highest BCUT2D eigenvalue weighted by Crippen LogP contribution is 1.90. The van der Waals surface area contributed by atoms with Crippen molar-refractivity contribution in [2.45, 2.75) is 25.8 Å². The highest BCUT2D eigenvalue weighted by Gasteiger charge is 2.10. The number of aliphatic hydroxyl groups excluding tert-OH is 1. The van der Waals surface area contributed by atoms with E-state index >= 15 is 0 Å². The molecule has 5 nitrogen and oxygen atoms in total. The molecular weight excluding hydrogens is 182 g/mol. The molecule has 0 aromatic heterocycles. The van der Waals surface area contributed by atoms with E-state index in [1.807, 2.05) is 6.92 Å². The Balaban J connectivity index is 3.61. The van der Waals surface area contributed by atoms with Crippen LogP contribution in [0.4, 0.5) is 0 Å². The summed E-state index contributed by atoms with van der Waals surface area (Å²) in [6.07, 6.45) is 1.08. The van der Waals surface area contributed by atoms with Crippen LogP contribution >= 0.6 is 0 Å². The summed E-state index contributed by atoms with van der Waals surface area (Å²) < 4.78 is 0. The SMILES string of the molecule is CCNC(=O)CC(CN)NCCCO. The van der Waals surface area contributed by atoms with Crippen molar-refractivity contribution in [3.05, 3.63) is 0 Å². The largest absolute Gasteiger partial charge is 0.396 e. The third kappa shape index (κ3) is 6.82. The second-order valence-electron chi connectivity index (χ2n) is 3.12. The first kappa shape index (κ1) is 13.4. The highest BCUT2D eigenvalue weighted by molar-refractivity contribution is 5.76. The molecule has 5 N–H and O–H groups in total. The third-order valence-electron chi connectivity index (χ3n) is 1.86. The summed E-state index contributed by atoms with van der Waals surface area (Å²) in [6, 6.07) is 0.00750. The summed E-state index contributed by atoms with van der Waals surface area (Å²) in [5.41, 5.74) is 5.49. The van der Waals surface area contributed by atoms with E-state index < -0.39 is 0 Å². The smallest absolute Gasteiger partial charge is 0.221 e. The van der Waals surface area contributed by atoms with Crippen molar-refractivity contribution in [2.75, 3.05) is 26.2 Å². The Labute approximate surface area is 85.1 Å². The Morgan fingerprint density at radius 3 is 2.79 bits per heavy atom. The van der Waals surface area contributed by atoms with Gasteiger partial charge in [0.1, 0.15) is 0 Å². The van der Waals surface area contributed by atoms with Crippen molar-refractivity contribution < 1.29 is 9.90 Å². The number of hydrogen-bond acceptors (Lipinski definition) is 4. The lowest BCUT2D eigenvalue weighted by Crippen LogP contribution is -2.41. The van der Waals surface area contributed by atoms with Crippen LogP contribution in [-0.2, 0) is 4.79 Å². The summed E-state index contributed by atoms with van der Waals surface area (Å²) >= 11 is 0. The van der Waals surface area contributed by atoms with Gasteiger partial charge in [-0.15, -0.1) is 0 Å². The fraction of sp³-hybridized carbons (Fsp3) is 0.889. The van der Waals surface area contributed by atoms with Crippen molar-refractivity contribution in [2.24, 2.45) is 5.73 Å². The fourth-order valence-corrected chi connectivity index (χ4v) is 1.12. The van der Waals surface area contributed by atoms with Gasteiger partial charge in [0.05, 0.1) is 0 Å². The highest BCUT2D eigenvalue weighted by atomic mass is 16.3. The Hall–Kier alpha value is -0.650. The molecule has 0 saturated heterocycles. The molecule has 14 heavy (non-hydrogen) atoms. The van der Waals surface area contributed by atoms with E-state index in [1.54, 1.807) is 0 Å². The van der Waals surface area contributed by atoms with Gasteiger partial charge in [0, 0.05) is 32.2 Å². The molecule has 0 saturated carbocycles. The zero-order valence-electron chi connectivity index (χ0n) is 8.75. The number of aliphatic hydroxyl groups is 1. The molecule has 0 aliphatic heterocycles. The zero-order valence-corrected chi connectivity index (χ0v) is 8.75. The molecule has 0 fully saturated rings. The summed E-state index contributed by atoms with van der Waals surface area (Å²) in [5, 5.41) is 14.4. The van der Waals surface area contributed by atoms with Crippen LogP contribution in [0.2, 0.25) is 0 Å². The molecule has 1 unspecified atom stereocenters. The molecular formula is C9H21N3O2. The van der Waals surface area contributed by atoms with Crippen LogP contribution in [0.25, 0.3) is 0 Å². The first-order chi connectivity index (χ1) is 6.74. The van der Waals surface area contributed by atoms with Crippen molar-refractivity contribution in [3.8, 4) is 0 Å². The van der Waals surface area contributed by atoms with Crippen molar-refractivity contribution in [3.63, 3.8) is 0 Å². The first-order valence-corrected chi connectivity index (χ1v) is 5.05. The molecule has 0 heterocycles. The maximum Gasteiger partial charge on any atom is 0.221 e. The average molecular weight is 203 g/mol. The minimum Gasteiger partial charge on any atom is -0.396 e. The van der Waals surface area contributed by atoms with Gasteiger partial charge in [-0.1, -0.05) is 0 Å². The Morgan fingerprint density at radius 1 is 1.57 bits per heavy atom. The second-order valence-corrected chi connectivity index (χ2v) is 3.12. The lowest BCUT2D eigenvalue weighted by molar-refractivity contribution is -0.121. The lowest BCUT2D eigenvalue weighted by atomic mass is 10.2. The Bertz CT molecular complexity index is 153. The van der Waals surface area contributed by atoms with E-state index in [2.05, 4.69) is 10.6 Å². The summed E-state index contributed by atoms with van der Waals surface area (Å²) in [5.74, 6) is 0.0134. The second kappa shape index (κ2) is 8.93. The van der Waals surface area contributed by atoms with E-state index in [-0.39, 0.29) is 18.6 Å². The Kier molecular flexibility index (Phi) is 8.51. The molecule has 0 rings (SSSR count). The van der Waals surface area contributed by atoms with E-state index in [0.717, 1.165) is 0 Å². The number of hydrogen-bond donors (Lipinski definition) is 4. The molecule has 0 spiro atoms. The topological polar surface area (TPSA) is 87.4 Å². The zero-order chi connectivity index (χ0) is 10.8. The van der Waals surface area contributed by atoms with Crippen LogP contribution in [0.1, 0.15) is 19.8 Å². The van der Waals surface area contributed by atoms with Gasteiger partial charge in [-0.3, -0.25) is 4.79 Å². The number of nitrogens with two attached hydrogens (primary N) is 1. The standard InChI is InChI=1S/C9H21N3O2/c1-2-11-9(14)6-8(7-10)12-4-3-5-13/h8,12-13H,2-7,10H2,1H3,(H,11,14). The van der Waals surface area contributed by atoms with Gasteiger partial charge in [0.2, 0.25) is 5.91 Å². The van der Waals surface area contributed by atoms with Gasteiger partial charge in [-0.2, -0.15) is 0 Å². The number of nitrogens with one attached hydrogen (secondary N) is 2. The summed E-state index contributed by atoms with van der Waals surface area (Å²) in [4.78, 5) is 11.2.